The van der Waals surface area contributed by atoms with Crippen molar-refractivity contribution in [1.29, 1.82) is 0 Å². The summed E-state index contributed by atoms with van der Waals surface area (Å²) in [4.78, 5) is 48.7. The summed E-state index contributed by atoms with van der Waals surface area (Å²) in [6.45, 7) is 40.6. The molecule has 0 bridgehead atoms. The first kappa shape index (κ1) is 75.6. The molecule has 14 rings (SSSR count). The summed E-state index contributed by atoms with van der Waals surface area (Å²) >= 11 is 0. The van der Waals surface area contributed by atoms with Gasteiger partial charge in [-0.1, -0.05) is 59.8 Å². The van der Waals surface area contributed by atoms with Crippen molar-refractivity contribution >= 4 is 23.7 Å². The van der Waals surface area contributed by atoms with E-state index >= 15 is 0 Å². The highest BCUT2D eigenvalue weighted by molar-refractivity contribution is 5.80. The van der Waals surface area contributed by atoms with Crippen molar-refractivity contribution in [3.63, 3.8) is 0 Å². The number of aliphatic hydroxyl groups is 3. The van der Waals surface area contributed by atoms with Crippen LogP contribution >= 0.6 is 0 Å². The van der Waals surface area contributed by atoms with Crippen molar-refractivity contribution < 1.29 is 81.9 Å². The van der Waals surface area contributed by atoms with E-state index in [0.29, 0.717) is 106 Å². The zero-order chi connectivity index (χ0) is 71.2. The molecule has 0 radical (unpaired) electrons. The summed E-state index contributed by atoms with van der Waals surface area (Å²) in [7, 11) is 0. The molecular formula is C82H128O17. The van der Waals surface area contributed by atoms with Crippen molar-refractivity contribution in [3.05, 3.63) is 38.0 Å². The minimum absolute atomic E-state index is 0.0352. The van der Waals surface area contributed by atoms with Gasteiger partial charge in [-0.2, -0.15) is 0 Å². The summed E-state index contributed by atoms with van der Waals surface area (Å²) in [5.74, 6) is 2.53. The molecule has 2 heterocycles. The van der Waals surface area contributed by atoms with Gasteiger partial charge in [0.1, 0.15) is 24.1 Å². The molecule has 558 valence electrons. The molecule has 0 aromatic rings. The van der Waals surface area contributed by atoms with Gasteiger partial charge in [0.15, 0.2) is 11.6 Å². The SMILES string of the molecule is C=CCO[C@@H]1CC[C@@]2(C)[C@@H](C1)C[C@@H](OCC=C)[C@@H]1[C@@H]2C[C@H](OCC=C)[C@]2(C)[C@@H](C3(C)OCCO3)CC[C@@H]12.CC(=O)O[C@@H]1CC[C@@]2(C)[C@@H](C1)C[C@@H](OC(C)=O)[C@@H]1[C@@H]2C[C@H](OC(C)=O)[C@]2(C)[C@@H](C(C)=O)CC[C@@H]12.CC1([C@H]2CC[C@H]3[C@@H]4[C@H](O)C[C@@H]5C[C@H](O)CC[C@]5(C)[C@H]4C[C@H](O)[C@]23C)OCCO1. The highest BCUT2D eigenvalue weighted by atomic mass is 16.7. The third kappa shape index (κ3) is 13.1. The number of carbonyl (C=O) groups is 4. The second-order valence-electron chi connectivity index (χ2n) is 36.0. The van der Waals surface area contributed by atoms with Crippen LogP contribution in [0.25, 0.3) is 0 Å². The van der Waals surface area contributed by atoms with E-state index in [9.17, 15) is 34.5 Å². The highest BCUT2D eigenvalue weighted by Crippen LogP contribution is 2.73. The van der Waals surface area contributed by atoms with E-state index in [1.165, 1.54) is 33.6 Å². The Bertz CT molecular complexity index is 2920. The van der Waals surface area contributed by atoms with Crippen LogP contribution in [0.2, 0.25) is 0 Å². The second kappa shape index (κ2) is 29.0. The third-order valence-corrected chi connectivity index (χ3v) is 31.9. The summed E-state index contributed by atoms with van der Waals surface area (Å²) in [5.41, 5.74) is -0.424. The number of aliphatic hydroxyl groups excluding tert-OH is 3. The van der Waals surface area contributed by atoms with Crippen LogP contribution < -0.4 is 0 Å². The topological polar surface area (TPSA) is 221 Å². The molecule has 17 heteroatoms. The van der Waals surface area contributed by atoms with E-state index in [0.717, 1.165) is 116 Å². The minimum atomic E-state index is -0.613. The Morgan fingerprint density at radius 1 is 0.424 bits per heavy atom. The molecule has 0 aromatic carbocycles. The number of ether oxygens (including phenoxy) is 10. The lowest BCUT2D eigenvalue weighted by atomic mass is 9.43. The molecule has 2 saturated heterocycles. The number of hydrogen-bond donors (Lipinski definition) is 3. The normalized spacial score (nSPS) is 49.3. The average Bonchev–Trinajstić information content (AvgIpc) is 1.68. The lowest BCUT2D eigenvalue weighted by Gasteiger charge is -2.65. The molecule has 0 amide bonds. The third-order valence-electron chi connectivity index (χ3n) is 31.9. The van der Waals surface area contributed by atoms with Gasteiger partial charge in [-0.3, -0.25) is 19.2 Å². The molecule has 30 atom stereocenters. The Labute approximate surface area is 592 Å². The van der Waals surface area contributed by atoms with Crippen LogP contribution in [0.15, 0.2) is 38.0 Å². The monoisotopic (exact) mass is 1380 g/mol. The largest absolute Gasteiger partial charge is 0.463 e. The summed E-state index contributed by atoms with van der Waals surface area (Å²) < 4.78 is 61.8. The van der Waals surface area contributed by atoms with Gasteiger partial charge < -0.3 is 62.7 Å². The lowest BCUT2D eigenvalue weighted by Crippen LogP contribution is -2.64. The molecule has 99 heavy (non-hydrogen) atoms. The standard InChI is InChI=1S/C32H50O5.C27H40O7.C23H38O5/c1-7-14-33-23-12-13-30(4)22(19-23)20-26(34-15-8-2)29-24-10-11-27(32(6)36-17-18-37-32)31(24,5)28(21-25(29)30)35-16-9-3;1-14(28)20-7-8-21-25-22(13-24(27(20,21)6)34-17(4)31)26(5)10-9-19(32-15(2)29)11-18(26)12-23(25)33-16(3)30;1-21-7-6-14(24)10-13(21)11-17(25)20-15-4-5-18(23(3)27-8-9-28-23)22(15,2)19(26)12-16(20)21/h7-9,22-29H,1-3,10-21H2,4-6H3;18-25H,7-13H2,1-6H3;13-20,24-26H,4-12H2,1-3H3/t22-,23+,24-,25-,26+,27-,28-,29-,30-,31-;18-,19+,20+,21-,22-,23+,24-,25-,26-,27+;13-,14+,15-,16-,17+,18-,19-,20-,21-,22-/m000/s1. The van der Waals surface area contributed by atoms with Gasteiger partial charge in [0, 0.05) is 60.7 Å². The molecule has 14 fully saturated rings. The fourth-order valence-electron chi connectivity index (χ4n) is 27.4. The summed E-state index contributed by atoms with van der Waals surface area (Å²) in [5, 5.41) is 33.0. The van der Waals surface area contributed by atoms with Crippen molar-refractivity contribution in [2.24, 2.45) is 121 Å². The number of rotatable bonds is 15. The van der Waals surface area contributed by atoms with E-state index in [-0.39, 0.29) is 135 Å². The van der Waals surface area contributed by atoms with E-state index in [2.05, 4.69) is 68.2 Å². The van der Waals surface area contributed by atoms with Crippen molar-refractivity contribution in [2.45, 2.75) is 284 Å². The fourth-order valence-corrected chi connectivity index (χ4v) is 27.4. The number of ketones is 1. The van der Waals surface area contributed by atoms with Crippen LogP contribution in [-0.2, 0) is 66.5 Å². The summed E-state index contributed by atoms with van der Waals surface area (Å²) in [6, 6.07) is 0. The molecule has 0 unspecified atom stereocenters. The van der Waals surface area contributed by atoms with Crippen molar-refractivity contribution in [2.75, 3.05) is 46.2 Å². The van der Waals surface area contributed by atoms with Gasteiger partial charge in [-0.05, 0) is 237 Å². The van der Waals surface area contributed by atoms with Gasteiger partial charge >= 0.3 is 17.9 Å². The number of esters is 3. The molecular weight excluding hydrogens is 1260 g/mol. The first-order chi connectivity index (χ1) is 46.9. The van der Waals surface area contributed by atoms with Crippen LogP contribution in [0.3, 0.4) is 0 Å². The zero-order valence-electron chi connectivity index (χ0n) is 62.6. The Kier molecular flexibility index (Phi) is 22.1. The predicted molar refractivity (Wildman–Crippen MR) is 374 cm³/mol. The van der Waals surface area contributed by atoms with E-state index in [1.54, 1.807) is 6.92 Å². The molecule has 0 aromatic heterocycles. The van der Waals surface area contributed by atoms with E-state index in [4.69, 9.17) is 47.4 Å². The number of fused-ring (bicyclic) bond motifs is 15. The number of carbonyl (C=O) groups excluding carboxylic acids is 4. The first-order valence-electron chi connectivity index (χ1n) is 39.2. The highest BCUT2D eigenvalue weighted by Gasteiger charge is 2.73. The Morgan fingerprint density at radius 3 is 1.44 bits per heavy atom. The summed E-state index contributed by atoms with van der Waals surface area (Å²) in [6.07, 6.45) is 24.4. The van der Waals surface area contributed by atoms with Crippen LogP contribution in [0, 0.1) is 121 Å². The molecule has 12 saturated carbocycles. The van der Waals surface area contributed by atoms with Crippen molar-refractivity contribution in [3.8, 4) is 0 Å². The first-order valence-corrected chi connectivity index (χ1v) is 39.2. The molecule has 3 N–H and O–H groups in total. The Morgan fingerprint density at radius 2 is 0.879 bits per heavy atom. The van der Waals surface area contributed by atoms with E-state index < -0.39 is 23.1 Å². The van der Waals surface area contributed by atoms with Crippen molar-refractivity contribution in [1.82, 2.24) is 0 Å². The van der Waals surface area contributed by atoms with Crippen LogP contribution in [0.5, 0.6) is 0 Å². The maximum atomic E-state index is 12.7. The smallest absolute Gasteiger partial charge is 0.302 e. The van der Waals surface area contributed by atoms with Gasteiger partial charge in [-0.25, -0.2) is 0 Å². The molecule has 2 aliphatic heterocycles. The quantitative estimate of drug-likeness (QED) is 0.0788. The van der Waals surface area contributed by atoms with Gasteiger partial charge in [-0.15, -0.1) is 19.7 Å². The minimum Gasteiger partial charge on any atom is -0.463 e. The average molecular weight is 1390 g/mol. The maximum absolute atomic E-state index is 12.7. The fraction of sp³-hybridized carbons (Fsp3) is 0.878. The predicted octanol–water partition coefficient (Wildman–Crippen LogP) is 13.3. The molecule has 0 spiro atoms. The van der Waals surface area contributed by atoms with Crippen LogP contribution in [0.1, 0.15) is 218 Å². The maximum Gasteiger partial charge on any atom is 0.302 e. The van der Waals surface area contributed by atoms with Gasteiger partial charge in [0.05, 0.1) is 82.9 Å². The van der Waals surface area contributed by atoms with Crippen LogP contribution in [0.4, 0.5) is 0 Å². The van der Waals surface area contributed by atoms with E-state index in [1.807, 2.05) is 25.2 Å². The zero-order valence-corrected chi connectivity index (χ0v) is 62.6. The molecule has 17 nitrogen and oxygen atoms in total. The van der Waals surface area contributed by atoms with Gasteiger partial charge in [0.2, 0.25) is 0 Å². The lowest BCUT2D eigenvalue weighted by molar-refractivity contribution is -0.260. The van der Waals surface area contributed by atoms with Gasteiger partial charge in [0.25, 0.3) is 0 Å². The number of Topliss-reactive ketones (excluding diaryl/α,β-unsaturated/α-hetero) is 1. The molecule has 12 aliphatic carbocycles. The Hall–Kier alpha value is -3.10. The van der Waals surface area contributed by atoms with Crippen LogP contribution in [-0.4, -0.2) is 152 Å². The number of hydrogen-bond acceptors (Lipinski definition) is 17. The molecule has 14 aliphatic rings. The second-order valence-corrected chi connectivity index (χ2v) is 36.0. The Balaban J connectivity index is 0.000000142.